The van der Waals surface area contributed by atoms with Crippen LogP contribution in [0, 0.1) is 6.92 Å². The van der Waals surface area contributed by atoms with Crippen LogP contribution in [0.25, 0.3) is 0 Å². The highest BCUT2D eigenvalue weighted by Gasteiger charge is 2.53. The Hall–Kier alpha value is -2.64. The first-order valence-corrected chi connectivity index (χ1v) is 13.5. The molecule has 7 nitrogen and oxygen atoms in total. The molecule has 2 aliphatic rings. The van der Waals surface area contributed by atoms with Crippen molar-refractivity contribution < 1.29 is 9.59 Å². The van der Waals surface area contributed by atoms with Crippen LogP contribution in [0.2, 0.25) is 5.02 Å². The van der Waals surface area contributed by atoms with Gasteiger partial charge in [-0.2, -0.15) is 0 Å². The first kappa shape index (κ1) is 26.4. The van der Waals surface area contributed by atoms with Crippen LogP contribution in [0.4, 0.5) is 10.5 Å². The number of rotatable bonds is 9. The lowest BCUT2D eigenvalue weighted by molar-refractivity contribution is -0.137. The van der Waals surface area contributed by atoms with Gasteiger partial charge in [0.25, 0.3) is 0 Å². The number of amides is 3. The average Bonchev–Trinajstić information content (AvgIpc) is 3.67. The number of aryl methyl sites for hydroxylation is 2. The maximum Gasteiger partial charge on any atom is 0.319 e. The average molecular weight is 512 g/mol. The quantitative estimate of drug-likeness (QED) is 0.508. The molecule has 2 aromatic rings. The second-order valence-electron chi connectivity index (χ2n) is 9.98. The van der Waals surface area contributed by atoms with Crippen molar-refractivity contribution in [1.82, 2.24) is 20.1 Å². The van der Waals surface area contributed by atoms with Crippen LogP contribution < -0.4 is 10.6 Å². The number of urea groups is 1. The van der Waals surface area contributed by atoms with E-state index in [1.807, 2.05) is 50.2 Å². The van der Waals surface area contributed by atoms with Crippen molar-refractivity contribution in [3.05, 3.63) is 58.4 Å². The second kappa shape index (κ2) is 11.6. The molecule has 1 aliphatic heterocycles. The van der Waals surface area contributed by atoms with Crippen molar-refractivity contribution in [2.24, 2.45) is 0 Å². The van der Waals surface area contributed by atoms with Crippen molar-refractivity contribution in [3.63, 3.8) is 0 Å². The Balaban J connectivity index is 1.23. The fraction of sp³-hybridized carbons (Fsp3) is 0.536. The molecule has 4 rings (SSSR count). The van der Waals surface area contributed by atoms with E-state index < -0.39 is 0 Å². The summed E-state index contributed by atoms with van der Waals surface area (Å²) in [4.78, 5) is 34.9. The molecule has 1 aliphatic carbocycles. The van der Waals surface area contributed by atoms with Crippen LogP contribution in [-0.4, -0.2) is 65.5 Å². The third-order valence-corrected chi connectivity index (χ3v) is 7.75. The number of pyridine rings is 1. The lowest BCUT2D eigenvalue weighted by Crippen LogP contribution is -2.51. The minimum atomic E-state index is -0.361. The maximum absolute atomic E-state index is 13.6. The number of nitrogens with one attached hydrogen (secondary N) is 2. The highest BCUT2D eigenvalue weighted by molar-refractivity contribution is 6.30. The summed E-state index contributed by atoms with van der Waals surface area (Å²) in [6.07, 6.45) is 4.57. The Kier molecular flexibility index (Phi) is 8.52. The van der Waals surface area contributed by atoms with Crippen LogP contribution in [0.15, 0.2) is 36.4 Å². The number of carbonyl (C=O) groups is 2. The SMILES string of the molecule is CCc1cc(NC(=O)NCCN2CCC(N(CC)C(=O)C3(c4ccc(Cl)cc4)CC3)CC2)cc(C)n1. The Morgan fingerprint density at radius 2 is 1.83 bits per heavy atom. The van der Waals surface area contributed by atoms with Crippen molar-refractivity contribution >= 4 is 29.2 Å². The Bertz CT molecular complexity index is 1060. The molecule has 0 spiro atoms. The van der Waals surface area contributed by atoms with Gasteiger partial charge in [-0.1, -0.05) is 30.7 Å². The summed E-state index contributed by atoms with van der Waals surface area (Å²) in [5.41, 5.74) is 3.36. The third-order valence-electron chi connectivity index (χ3n) is 7.50. The number of likely N-dealkylation sites (N-methyl/N-ethyl adjacent to an activating group) is 1. The second-order valence-corrected chi connectivity index (χ2v) is 10.4. The number of likely N-dealkylation sites (tertiary alicyclic amines) is 1. The molecule has 8 heteroatoms. The van der Waals surface area contributed by atoms with Gasteiger partial charge in [-0.15, -0.1) is 0 Å². The fourth-order valence-corrected chi connectivity index (χ4v) is 5.44. The van der Waals surface area contributed by atoms with Crippen molar-refractivity contribution in [1.29, 1.82) is 0 Å². The third kappa shape index (κ3) is 6.19. The summed E-state index contributed by atoms with van der Waals surface area (Å²) in [5.74, 6) is 0.265. The standard InChI is InChI=1S/C28H38ClN5O2/c1-4-23-19-24(18-20(3)31-23)32-27(36)30-14-17-33-15-10-25(11-16-33)34(5-2)26(35)28(12-13-28)21-6-8-22(29)9-7-21/h6-9,18-19,25H,4-5,10-17H2,1-3H3,(H2,30,31,32,36). The van der Waals surface area contributed by atoms with Gasteiger partial charge in [0.15, 0.2) is 0 Å². The van der Waals surface area contributed by atoms with Gasteiger partial charge in [-0.3, -0.25) is 9.78 Å². The predicted octanol–water partition coefficient (Wildman–Crippen LogP) is 4.77. The Morgan fingerprint density at radius 1 is 1.14 bits per heavy atom. The normalized spacial score (nSPS) is 17.4. The van der Waals surface area contributed by atoms with E-state index in [0.29, 0.717) is 11.6 Å². The summed E-state index contributed by atoms with van der Waals surface area (Å²) in [5, 5.41) is 6.58. The molecule has 0 bridgehead atoms. The van der Waals surface area contributed by atoms with E-state index in [-0.39, 0.29) is 23.4 Å². The molecule has 3 amide bonds. The number of piperidine rings is 1. The summed E-state index contributed by atoms with van der Waals surface area (Å²) in [6, 6.07) is 11.6. The zero-order valence-electron chi connectivity index (χ0n) is 21.6. The molecule has 0 atom stereocenters. The molecule has 1 aromatic carbocycles. The van der Waals surface area contributed by atoms with E-state index in [2.05, 4.69) is 32.3 Å². The molecule has 2 N–H and O–H groups in total. The molecule has 36 heavy (non-hydrogen) atoms. The van der Waals surface area contributed by atoms with Gasteiger partial charge < -0.3 is 20.4 Å². The zero-order valence-corrected chi connectivity index (χ0v) is 22.4. The van der Waals surface area contributed by atoms with Crippen LogP contribution >= 0.6 is 11.6 Å². The van der Waals surface area contributed by atoms with Crippen LogP contribution in [0.1, 0.15) is 56.5 Å². The molecule has 2 heterocycles. The molecule has 0 unspecified atom stereocenters. The number of carbonyl (C=O) groups excluding carboxylic acids is 2. The first-order chi connectivity index (χ1) is 17.3. The highest BCUT2D eigenvalue weighted by atomic mass is 35.5. The molecule has 1 saturated heterocycles. The first-order valence-electron chi connectivity index (χ1n) is 13.2. The smallest absolute Gasteiger partial charge is 0.319 e. The maximum atomic E-state index is 13.6. The fourth-order valence-electron chi connectivity index (χ4n) is 5.31. The molecule has 1 aromatic heterocycles. The molecule has 194 valence electrons. The van der Waals surface area contributed by atoms with Crippen LogP contribution in [0.5, 0.6) is 0 Å². The molecular weight excluding hydrogens is 474 g/mol. The molecule has 2 fully saturated rings. The number of hydrogen-bond acceptors (Lipinski definition) is 4. The van der Waals surface area contributed by atoms with Crippen molar-refractivity contribution in [2.45, 2.75) is 64.3 Å². The van der Waals surface area contributed by atoms with Gasteiger partial charge in [0.1, 0.15) is 0 Å². The topological polar surface area (TPSA) is 77.6 Å². The van der Waals surface area contributed by atoms with Gasteiger partial charge in [0, 0.05) is 60.9 Å². The van der Waals surface area contributed by atoms with E-state index in [9.17, 15) is 9.59 Å². The number of halogens is 1. The lowest BCUT2D eigenvalue weighted by atomic mass is 9.92. The van der Waals surface area contributed by atoms with Crippen LogP contribution in [0.3, 0.4) is 0 Å². The van der Waals surface area contributed by atoms with Gasteiger partial charge in [-0.25, -0.2) is 4.79 Å². The largest absolute Gasteiger partial charge is 0.339 e. The summed E-state index contributed by atoms with van der Waals surface area (Å²) in [6.45, 7) is 10.0. The zero-order chi connectivity index (χ0) is 25.7. The van der Waals surface area contributed by atoms with E-state index in [4.69, 9.17) is 11.6 Å². The van der Waals surface area contributed by atoms with Gasteiger partial charge in [0.05, 0.1) is 5.41 Å². The number of anilines is 1. The molecule has 0 radical (unpaired) electrons. The lowest BCUT2D eigenvalue weighted by Gasteiger charge is -2.39. The van der Waals surface area contributed by atoms with Gasteiger partial charge in [0.2, 0.25) is 5.91 Å². The summed E-state index contributed by atoms with van der Waals surface area (Å²) < 4.78 is 0. The van der Waals surface area contributed by atoms with E-state index >= 15 is 0 Å². The highest BCUT2D eigenvalue weighted by Crippen LogP contribution is 2.50. The number of benzene rings is 1. The van der Waals surface area contributed by atoms with E-state index in [0.717, 1.165) is 80.9 Å². The Labute approximate surface area is 219 Å². The number of hydrogen-bond donors (Lipinski definition) is 2. The summed E-state index contributed by atoms with van der Waals surface area (Å²) >= 11 is 6.06. The van der Waals surface area contributed by atoms with E-state index in [1.165, 1.54) is 0 Å². The van der Waals surface area contributed by atoms with Gasteiger partial charge >= 0.3 is 6.03 Å². The minimum absolute atomic E-state index is 0.197. The summed E-state index contributed by atoms with van der Waals surface area (Å²) in [7, 11) is 0. The van der Waals surface area contributed by atoms with Crippen molar-refractivity contribution in [2.75, 3.05) is 38.0 Å². The van der Waals surface area contributed by atoms with E-state index in [1.54, 1.807) is 0 Å². The van der Waals surface area contributed by atoms with Crippen molar-refractivity contribution in [3.8, 4) is 0 Å². The monoisotopic (exact) mass is 511 g/mol. The minimum Gasteiger partial charge on any atom is -0.339 e. The Morgan fingerprint density at radius 3 is 2.44 bits per heavy atom. The number of nitrogens with zero attached hydrogens (tertiary/aromatic N) is 3. The number of aromatic nitrogens is 1. The van der Waals surface area contributed by atoms with Crippen LogP contribution in [-0.2, 0) is 16.6 Å². The molecular formula is C28H38ClN5O2. The predicted molar refractivity (Wildman–Crippen MR) is 145 cm³/mol. The molecule has 1 saturated carbocycles. The van der Waals surface area contributed by atoms with Gasteiger partial charge in [-0.05, 0) is 75.8 Å².